The molecular formula is C15H19N3O4. The van der Waals surface area contributed by atoms with E-state index in [1.807, 2.05) is 44.2 Å². The van der Waals surface area contributed by atoms with Crippen molar-refractivity contribution in [1.29, 1.82) is 0 Å². The van der Waals surface area contributed by atoms with Gasteiger partial charge in [0.05, 0.1) is 25.4 Å². The third kappa shape index (κ3) is 3.24. The molecule has 7 heteroatoms. The fourth-order valence-electron chi connectivity index (χ4n) is 2.76. The summed E-state index contributed by atoms with van der Waals surface area (Å²) in [5, 5.41) is 3.81. The lowest BCUT2D eigenvalue weighted by Gasteiger charge is -2.23. The van der Waals surface area contributed by atoms with Crippen LogP contribution in [0.5, 0.6) is 0 Å². The summed E-state index contributed by atoms with van der Waals surface area (Å²) < 4.78 is 22.9. The Labute approximate surface area is 128 Å². The smallest absolute Gasteiger partial charge is 0.188 e. The topological polar surface area (TPSA) is 85.7 Å². The molecule has 22 heavy (non-hydrogen) atoms. The Morgan fingerprint density at radius 1 is 1.27 bits per heavy atom. The molecule has 7 nitrogen and oxygen atoms in total. The fourth-order valence-corrected chi connectivity index (χ4v) is 2.76. The quantitative estimate of drug-likeness (QED) is 0.475. The first kappa shape index (κ1) is 15.3. The molecule has 0 aliphatic carbocycles. The van der Waals surface area contributed by atoms with Gasteiger partial charge in [-0.1, -0.05) is 35.4 Å². The van der Waals surface area contributed by atoms with Crippen molar-refractivity contribution in [1.82, 2.24) is 0 Å². The number of hydrogen-bond acceptors (Lipinski definition) is 5. The molecular weight excluding hydrogens is 286 g/mol. The lowest BCUT2D eigenvalue weighted by atomic mass is 10.1. The molecule has 2 heterocycles. The molecule has 2 aliphatic heterocycles. The Balaban J connectivity index is 1.58. The Kier molecular flexibility index (Phi) is 4.33. The van der Waals surface area contributed by atoms with Gasteiger partial charge < -0.3 is 18.9 Å². The van der Waals surface area contributed by atoms with Gasteiger partial charge in [-0.25, -0.2) is 0 Å². The standard InChI is InChI=1S/C15H19N3O4/c1-15(2)21-13-12(17-18-16)11(20-14(13)22-15)9-19-8-10-6-4-3-5-7-10/h3-7,11-14H,8-9H2,1-2H3/t11-,12?,13+,14-/m1/s1. The molecule has 0 bridgehead atoms. The van der Waals surface area contributed by atoms with E-state index in [2.05, 4.69) is 10.0 Å². The lowest BCUT2D eigenvalue weighted by Crippen LogP contribution is -2.35. The van der Waals surface area contributed by atoms with Gasteiger partial charge in [-0.05, 0) is 24.9 Å². The first-order valence-corrected chi connectivity index (χ1v) is 7.26. The zero-order valence-corrected chi connectivity index (χ0v) is 12.6. The predicted molar refractivity (Wildman–Crippen MR) is 77.7 cm³/mol. The van der Waals surface area contributed by atoms with E-state index in [1.54, 1.807) is 0 Å². The third-order valence-electron chi connectivity index (χ3n) is 3.69. The SMILES string of the molecule is CC1(C)O[C@H]2O[C@H](COCc3ccccc3)C(N=[N+]=[N-])[C@@H]2O1. The highest BCUT2D eigenvalue weighted by Gasteiger charge is 2.54. The molecule has 0 aromatic heterocycles. The van der Waals surface area contributed by atoms with Crippen molar-refractivity contribution in [3.8, 4) is 0 Å². The Bertz CT molecular complexity index is 559. The second-order valence-electron chi connectivity index (χ2n) is 5.84. The normalized spacial score (nSPS) is 32.5. The average Bonchev–Trinajstić information content (AvgIpc) is 2.94. The molecule has 4 atom stereocenters. The maximum Gasteiger partial charge on any atom is 0.188 e. The first-order valence-electron chi connectivity index (χ1n) is 7.26. The minimum Gasteiger partial charge on any atom is -0.374 e. The van der Waals surface area contributed by atoms with Crippen LogP contribution in [0.1, 0.15) is 19.4 Å². The summed E-state index contributed by atoms with van der Waals surface area (Å²) in [6.07, 6.45) is -1.28. The molecule has 0 saturated carbocycles. The molecule has 1 aromatic carbocycles. The van der Waals surface area contributed by atoms with Gasteiger partial charge in [-0.2, -0.15) is 0 Å². The van der Waals surface area contributed by atoms with Crippen LogP contribution in [0, 0.1) is 0 Å². The van der Waals surface area contributed by atoms with Crippen LogP contribution in [-0.4, -0.2) is 36.9 Å². The minimum atomic E-state index is -0.728. The summed E-state index contributed by atoms with van der Waals surface area (Å²) in [5.74, 6) is -0.728. The van der Waals surface area contributed by atoms with E-state index < -0.39 is 24.2 Å². The second kappa shape index (κ2) is 6.24. The Hall–Kier alpha value is -1.63. The van der Waals surface area contributed by atoms with Crippen molar-refractivity contribution >= 4 is 0 Å². The maximum absolute atomic E-state index is 8.76. The van der Waals surface area contributed by atoms with E-state index in [-0.39, 0.29) is 6.10 Å². The van der Waals surface area contributed by atoms with Gasteiger partial charge in [0.15, 0.2) is 12.1 Å². The third-order valence-corrected chi connectivity index (χ3v) is 3.69. The molecule has 118 valence electrons. The minimum absolute atomic E-state index is 0.318. The molecule has 1 aromatic rings. The number of nitrogens with zero attached hydrogens (tertiary/aromatic N) is 3. The van der Waals surface area contributed by atoms with Crippen molar-refractivity contribution < 1.29 is 18.9 Å². The van der Waals surface area contributed by atoms with Crippen LogP contribution in [0.4, 0.5) is 0 Å². The van der Waals surface area contributed by atoms with Crippen molar-refractivity contribution in [3.63, 3.8) is 0 Å². The van der Waals surface area contributed by atoms with Crippen LogP contribution in [0.25, 0.3) is 10.4 Å². The van der Waals surface area contributed by atoms with Gasteiger partial charge in [-0.3, -0.25) is 0 Å². The van der Waals surface area contributed by atoms with Crippen molar-refractivity contribution in [2.24, 2.45) is 5.11 Å². The molecule has 1 unspecified atom stereocenters. The molecule has 2 saturated heterocycles. The van der Waals surface area contributed by atoms with Gasteiger partial charge in [0.1, 0.15) is 6.10 Å². The summed E-state index contributed by atoms with van der Waals surface area (Å²) in [7, 11) is 0. The molecule has 0 spiro atoms. The molecule has 0 N–H and O–H groups in total. The molecule has 3 rings (SSSR count). The zero-order valence-electron chi connectivity index (χ0n) is 12.6. The fraction of sp³-hybridized carbons (Fsp3) is 0.600. The van der Waals surface area contributed by atoms with Crippen LogP contribution in [0.15, 0.2) is 35.4 Å². The van der Waals surface area contributed by atoms with Crippen LogP contribution in [0.3, 0.4) is 0 Å². The van der Waals surface area contributed by atoms with E-state index in [9.17, 15) is 0 Å². The molecule has 0 amide bonds. The highest BCUT2D eigenvalue weighted by molar-refractivity contribution is 5.13. The lowest BCUT2D eigenvalue weighted by molar-refractivity contribution is -0.211. The number of benzene rings is 1. The summed E-state index contributed by atoms with van der Waals surface area (Å²) >= 11 is 0. The number of ether oxygens (including phenoxy) is 4. The zero-order chi connectivity index (χ0) is 15.6. The van der Waals surface area contributed by atoms with Gasteiger partial charge in [0.2, 0.25) is 0 Å². The van der Waals surface area contributed by atoms with E-state index in [0.717, 1.165) is 5.56 Å². The maximum atomic E-state index is 8.76. The largest absolute Gasteiger partial charge is 0.374 e. The van der Waals surface area contributed by atoms with Gasteiger partial charge in [0.25, 0.3) is 0 Å². The average molecular weight is 305 g/mol. The highest BCUT2D eigenvalue weighted by Crippen LogP contribution is 2.38. The number of hydrogen-bond donors (Lipinski definition) is 0. The van der Waals surface area contributed by atoms with Crippen LogP contribution in [-0.2, 0) is 25.6 Å². The van der Waals surface area contributed by atoms with Crippen molar-refractivity contribution in [2.75, 3.05) is 6.61 Å². The van der Waals surface area contributed by atoms with E-state index >= 15 is 0 Å². The Morgan fingerprint density at radius 3 is 2.77 bits per heavy atom. The molecule has 2 aliphatic rings. The summed E-state index contributed by atoms with van der Waals surface area (Å²) in [5.41, 5.74) is 9.84. The van der Waals surface area contributed by atoms with Gasteiger partial charge in [0, 0.05) is 4.91 Å². The number of fused-ring (bicyclic) bond motifs is 1. The van der Waals surface area contributed by atoms with Gasteiger partial charge in [-0.15, -0.1) is 0 Å². The highest BCUT2D eigenvalue weighted by atomic mass is 16.8. The predicted octanol–water partition coefficient (Wildman–Crippen LogP) is 2.76. The monoisotopic (exact) mass is 305 g/mol. The molecule has 0 radical (unpaired) electrons. The van der Waals surface area contributed by atoms with Crippen LogP contribution < -0.4 is 0 Å². The van der Waals surface area contributed by atoms with E-state index in [4.69, 9.17) is 24.5 Å². The van der Waals surface area contributed by atoms with Gasteiger partial charge >= 0.3 is 0 Å². The summed E-state index contributed by atoms with van der Waals surface area (Å²) in [6.45, 7) is 4.41. The Morgan fingerprint density at radius 2 is 2.05 bits per heavy atom. The number of azide groups is 1. The first-order chi connectivity index (χ1) is 10.6. The van der Waals surface area contributed by atoms with E-state index in [1.165, 1.54) is 0 Å². The molecule has 2 fully saturated rings. The van der Waals surface area contributed by atoms with E-state index in [0.29, 0.717) is 13.2 Å². The second-order valence-corrected chi connectivity index (χ2v) is 5.84. The number of rotatable bonds is 5. The summed E-state index contributed by atoms with van der Waals surface area (Å²) in [4.78, 5) is 2.90. The van der Waals surface area contributed by atoms with Crippen LogP contribution in [0.2, 0.25) is 0 Å². The van der Waals surface area contributed by atoms with Crippen LogP contribution >= 0.6 is 0 Å². The van der Waals surface area contributed by atoms with Crippen molar-refractivity contribution in [3.05, 3.63) is 46.3 Å². The van der Waals surface area contributed by atoms with Crippen molar-refractivity contribution in [2.45, 2.75) is 50.8 Å². The summed E-state index contributed by atoms with van der Waals surface area (Å²) in [6, 6.07) is 9.41.